The zero-order chi connectivity index (χ0) is 8.20. The fourth-order valence-corrected chi connectivity index (χ4v) is 0.992. The van der Waals surface area contributed by atoms with Crippen molar-refractivity contribution in [2.45, 2.75) is 18.7 Å². The van der Waals surface area contributed by atoms with Gasteiger partial charge in [0.2, 0.25) is 0 Å². The molecule has 0 amide bonds. The molecule has 0 radical (unpaired) electrons. The third kappa shape index (κ3) is 2.67. The molecule has 0 bridgehead atoms. The molecule has 0 fully saturated rings. The number of hydrogen-bond acceptors (Lipinski definition) is 3. The summed E-state index contributed by atoms with van der Waals surface area (Å²) in [5.74, 6) is 0. The minimum absolute atomic E-state index is 0.0723. The molecule has 1 unspecified atom stereocenters. The van der Waals surface area contributed by atoms with E-state index in [-0.39, 0.29) is 6.42 Å². The first kappa shape index (κ1) is 9.22. The van der Waals surface area contributed by atoms with Gasteiger partial charge in [0.15, 0.2) is 5.37 Å². The van der Waals surface area contributed by atoms with Crippen LogP contribution in [0.5, 0.6) is 0 Å². The molecule has 6 nitrogen and oxygen atoms in total. The Bertz CT molecular complexity index is 240. The van der Waals surface area contributed by atoms with E-state index in [1.54, 1.807) is 0 Å². The summed E-state index contributed by atoms with van der Waals surface area (Å²) in [5, 5.41) is 1.51. The molecule has 0 aliphatic carbocycles. The summed E-state index contributed by atoms with van der Waals surface area (Å²) >= 11 is 0. The van der Waals surface area contributed by atoms with Crippen molar-refractivity contribution in [1.82, 2.24) is 0 Å². The zero-order valence-electron chi connectivity index (χ0n) is 5.30. The van der Waals surface area contributed by atoms with E-state index in [4.69, 9.17) is 10.1 Å². The molecule has 0 aromatic carbocycles. The summed E-state index contributed by atoms with van der Waals surface area (Å²) in [7, 11) is -4.20. The van der Waals surface area contributed by atoms with Crippen LogP contribution < -0.4 is 0 Å². The van der Waals surface area contributed by atoms with Crippen LogP contribution in [0.2, 0.25) is 0 Å². The van der Waals surface area contributed by atoms with Crippen molar-refractivity contribution < 1.29 is 13.0 Å². The van der Waals surface area contributed by atoms with Gasteiger partial charge in [-0.05, 0) is 12.0 Å². The lowest BCUT2D eigenvalue weighted by Crippen LogP contribution is -2.15. The van der Waals surface area contributed by atoms with Crippen LogP contribution in [0.3, 0.4) is 0 Å². The molecule has 0 aromatic rings. The van der Waals surface area contributed by atoms with E-state index >= 15 is 0 Å². The second-order valence-electron chi connectivity index (χ2n) is 1.58. The first-order chi connectivity index (χ1) is 4.52. The fraction of sp³-hybridized carbons (Fsp3) is 1.00. The largest absolute Gasteiger partial charge is 0.285 e. The quantitative estimate of drug-likeness (QED) is 0.291. The maximum atomic E-state index is 10.2. The van der Waals surface area contributed by atoms with Crippen LogP contribution in [0, 0.1) is 0 Å². The van der Waals surface area contributed by atoms with Gasteiger partial charge in [-0.25, -0.2) is 0 Å². The Morgan fingerprint density at radius 1 is 1.80 bits per heavy atom. The third-order valence-electron chi connectivity index (χ3n) is 0.873. The minimum Gasteiger partial charge on any atom is -0.285 e. The fourth-order valence-electron chi connectivity index (χ4n) is 0.409. The maximum Gasteiger partial charge on any atom is 0.273 e. The first-order valence-electron chi connectivity index (χ1n) is 2.53. The minimum atomic E-state index is -4.20. The lowest BCUT2D eigenvalue weighted by Gasteiger charge is -2.00. The second kappa shape index (κ2) is 3.40. The van der Waals surface area contributed by atoms with Crippen molar-refractivity contribution in [3.63, 3.8) is 0 Å². The topological polar surface area (TPSA) is 103 Å². The highest BCUT2D eigenvalue weighted by Crippen LogP contribution is 2.04. The van der Waals surface area contributed by atoms with Crippen LogP contribution in [0.1, 0.15) is 13.3 Å². The van der Waals surface area contributed by atoms with Gasteiger partial charge in [-0.15, -0.1) is 0 Å². The molecule has 7 heteroatoms. The number of hydrogen-bond donors (Lipinski definition) is 1. The molecular weight excluding hydrogens is 158 g/mol. The zero-order valence-corrected chi connectivity index (χ0v) is 6.11. The molecule has 1 N–H and O–H groups in total. The van der Waals surface area contributed by atoms with E-state index in [9.17, 15) is 8.42 Å². The Labute approximate surface area is 58.2 Å². The van der Waals surface area contributed by atoms with Crippen LogP contribution in [0.25, 0.3) is 10.4 Å². The van der Waals surface area contributed by atoms with E-state index < -0.39 is 15.5 Å². The van der Waals surface area contributed by atoms with E-state index in [1.165, 1.54) is 6.92 Å². The molecule has 1 atom stereocenters. The second-order valence-corrected chi connectivity index (χ2v) is 3.16. The molecule has 0 aliphatic rings. The average Bonchev–Trinajstić information content (AvgIpc) is 1.80. The molecule has 0 saturated heterocycles. The smallest absolute Gasteiger partial charge is 0.273 e. The number of azide groups is 1. The van der Waals surface area contributed by atoms with Gasteiger partial charge < -0.3 is 0 Å². The van der Waals surface area contributed by atoms with Crippen LogP contribution in [0.15, 0.2) is 5.11 Å². The number of rotatable bonds is 3. The average molecular weight is 165 g/mol. The van der Waals surface area contributed by atoms with Crippen LogP contribution in [-0.4, -0.2) is 18.3 Å². The van der Waals surface area contributed by atoms with Crippen molar-refractivity contribution in [3.8, 4) is 0 Å². The monoisotopic (exact) mass is 165 g/mol. The molecular formula is C3H7N3O3S. The van der Waals surface area contributed by atoms with Gasteiger partial charge in [0.1, 0.15) is 0 Å². The van der Waals surface area contributed by atoms with Gasteiger partial charge in [-0.3, -0.25) is 4.55 Å². The predicted octanol–water partition coefficient (Wildman–Crippen LogP) is 0.921. The van der Waals surface area contributed by atoms with Gasteiger partial charge in [0.25, 0.3) is 10.1 Å². The van der Waals surface area contributed by atoms with E-state index in [0.717, 1.165) is 0 Å². The summed E-state index contributed by atoms with van der Waals surface area (Å²) in [6, 6.07) is 0. The highest BCUT2D eigenvalue weighted by atomic mass is 32.2. The van der Waals surface area contributed by atoms with Gasteiger partial charge in [0, 0.05) is 4.91 Å². The normalized spacial score (nSPS) is 13.8. The van der Waals surface area contributed by atoms with E-state index in [1.807, 2.05) is 0 Å². The Morgan fingerprint density at radius 3 is 2.40 bits per heavy atom. The van der Waals surface area contributed by atoms with Crippen LogP contribution in [0.4, 0.5) is 0 Å². The van der Waals surface area contributed by atoms with Gasteiger partial charge in [0.05, 0.1) is 0 Å². The Morgan fingerprint density at radius 2 is 2.30 bits per heavy atom. The number of nitrogens with zero attached hydrogens (tertiary/aromatic N) is 3. The van der Waals surface area contributed by atoms with Crippen molar-refractivity contribution in [2.24, 2.45) is 5.11 Å². The van der Waals surface area contributed by atoms with Crippen molar-refractivity contribution in [1.29, 1.82) is 0 Å². The van der Waals surface area contributed by atoms with Gasteiger partial charge in [-0.1, -0.05) is 12.0 Å². The van der Waals surface area contributed by atoms with Crippen LogP contribution >= 0.6 is 0 Å². The Balaban J connectivity index is 4.53. The summed E-state index contributed by atoms with van der Waals surface area (Å²) in [5.41, 5.74) is 7.81. The molecule has 0 spiro atoms. The van der Waals surface area contributed by atoms with Crippen molar-refractivity contribution >= 4 is 10.1 Å². The molecule has 10 heavy (non-hydrogen) atoms. The Kier molecular flexibility index (Phi) is 3.14. The molecule has 0 saturated carbocycles. The van der Waals surface area contributed by atoms with Crippen molar-refractivity contribution in [3.05, 3.63) is 10.4 Å². The first-order valence-corrected chi connectivity index (χ1v) is 4.03. The standard InChI is InChI=1S/C3H7N3O3S/c1-2-3(5-6-4)10(7,8)9/h3H,2H2,1H3,(H,7,8,9). The SMILES string of the molecule is CCC(N=[N+]=[N-])S(=O)(=O)O. The van der Waals surface area contributed by atoms with Gasteiger partial charge >= 0.3 is 0 Å². The van der Waals surface area contributed by atoms with Crippen molar-refractivity contribution in [2.75, 3.05) is 0 Å². The molecule has 0 heterocycles. The maximum absolute atomic E-state index is 10.2. The third-order valence-corrected chi connectivity index (χ3v) is 1.99. The summed E-state index contributed by atoms with van der Waals surface area (Å²) in [4.78, 5) is 2.26. The molecule has 0 rings (SSSR count). The Hall–Kier alpha value is -0.780. The highest BCUT2D eigenvalue weighted by Gasteiger charge is 2.18. The molecule has 0 aromatic heterocycles. The summed E-state index contributed by atoms with van der Waals surface area (Å²) < 4.78 is 28.8. The molecule has 0 aliphatic heterocycles. The summed E-state index contributed by atoms with van der Waals surface area (Å²) in [6.07, 6.45) is 0.0723. The molecule has 58 valence electrons. The predicted molar refractivity (Wildman–Crippen MR) is 34.8 cm³/mol. The lowest BCUT2D eigenvalue weighted by atomic mass is 10.5. The van der Waals surface area contributed by atoms with Crippen LogP contribution in [-0.2, 0) is 10.1 Å². The highest BCUT2D eigenvalue weighted by molar-refractivity contribution is 7.86. The van der Waals surface area contributed by atoms with E-state index in [0.29, 0.717) is 0 Å². The van der Waals surface area contributed by atoms with Gasteiger partial charge in [-0.2, -0.15) is 8.42 Å². The summed E-state index contributed by atoms with van der Waals surface area (Å²) in [6.45, 7) is 1.49. The lowest BCUT2D eigenvalue weighted by molar-refractivity contribution is 0.465. The van der Waals surface area contributed by atoms with E-state index in [2.05, 4.69) is 10.0 Å².